The molecule has 1 unspecified atom stereocenters. The van der Waals surface area contributed by atoms with Crippen LogP contribution in [0.15, 0.2) is 29.6 Å². The summed E-state index contributed by atoms with van der Waals surface area (Å²) in [7, 11) is 0. The number of anilines is 1. The quantitative estimate of drug-likeness (QED) is 0.913. The van der Waals surface area contributed by atoms with E-state index < -0.39 is 0 Å². The van der Waals surface area contributed by atoms with E-state index in [4.69, 9.17) is 5.73 Å². The van der Waals surface area contributed by atoms with Crippen LogP contribution in [0.4, 0.5) is 5.69 Å². The zero-order valence-corrected chi connectivity index (χ0v) is 11.5. The molecule has 0 saturated carbocycles. The van der Waals surface area contributed by atoms with Gasteiger partial charge in [0.2, 0.25) is 0 Å². The number of fused-ring (bicyclic) bond motifs is 1. The van der Waals surface area contributed by atoms with Gasteiger partial charge in [-0.2, -0.15) is 0 Å². The number of hydrogen-bond acceptors (Lipinski definition) is 4. The molecule has 3 rings (SSSR count). The minimum absolute atomic E-state index is 0.0342. The van der Waals surface area contributed by atoms with Gasteiger partial charge in [0.05, 0.1) is 6.04 Å². The van der Waals surface area contributed by atoms with E-state index in [1.54, 1.807) is 10.3 Å². The molecule has 2 heterocycles. The van der Waals surface area contributed by atoms with Crippen LogP contribution in [0.25, 0.3) is 0 Å². The van der Waals surface area contributed by atoms with Crippen LogP contribution in [0.5, 0.6) is 0 Å². The van der Waals surface area contributed by atoms with Crippen LogP contribution in [0, 0.1) is 0 Å². The molecular formula is C14H15N3OS. The van der Waals surface area contributed by atoms with Gasteiger partial charge in [-0.25, -0.2) is 4.98 Å². The Balaban J connectivity index is 1.89. The summed E-state index contributed by atoms with van der Waals surface area (Å²) in [4.78, 5) is 18.6. The van der Waals surface area contributed by atoms with Crippen molar-refractivity contribution < 1.29 is 4.79 Å². The molecule has 5 heteroatoms. The van der Waals surface area contributed by atoms with Gasteiger partial charge in [0.1, 0.15) is 10.7 Å². The number of thiazole rings is 1. The van der Waals surface area contributed by atoms with Crippen molar-refractivity contribution in [1.82, 2.24) is 4.98 Å². The minimum atomic E-state index is -0.127. The van der Waals surface area contributed by atoms with Crippen molar-refractivity contribution in [3.63, 3.8) is 0 Å². The second-order valence-electron chi connectivity index (χ2n) is 4.70. The normalized spacial score (nSPS) is 15.4. The van der Waals surface area contributed by atoms with Crippen LogP contribution in [0.1, 0.15) is 34.0 Å². The van der Waals surface area contributed by atoms with Crippen LogP contribution < -0.4 is 10.6 Å². The van der Waals surface area contributed by atoms with Gasteiger partial charge in [0.15, 0.2) is 0 Å². The summed E-state index contributed by atoms with van der Waals surface area (Å²) in [5.74, 6) is -0.0342. The van der Waals surface area contributed by atoms with Crippen LogP contribution in [-0.4, -0.2) is 17.4 Å². The van der Waals surface area contributed by atoms with Gasteiger partial charge < -0.3 is 10.6 Å². The maximum absolute atomic E-state index is 12.5. The van der Waals surface area contributed by atoms with Gasteiger partial charge in [-0.15, -0.1) is 11.3 Å². The molecule has 98 valence electrons. The molecule has 19 heavy (non-hydrogen) atoms. The molecule has 0 saturated heterocycles. The van der Waals surface area contributed by atoms with Gasteiger partial charge in [0.25, 0.3) is 5.91 Å². The largest absolute Gasteiger partial charge is 0.322 e. The fourth-order valence-electron chi connectivity index (χ4n) is 2.28. The Morgan fingerprint density at radius 2 is 2.26 bits per heavy atom. The zero-order chi connectivity index (χ0) is 13.4. The molecule has 0 bridgehead atoms. The van der Waals surface area contributed by atoms with Crippen molar-refractivity contribution in [2.24, 2.45) is 5.73 Å². The Morgan fingerprint density at radius 3 is 3.00 bits per heavy atom. The zero-order valence-electron chi connectivity index (χ0n) is 10.7. The fourth-order valence-corrected chi connectivity index (χ4v) is 3.03. The third-order valence-corrected chi connectivity index (χ3v) is 4.31. The summed E-state index contributed by atoms with van der Waals surface area (Å²) in [6.07, 6.45) is 0.909. The second-order valence-corrected chi connectivity index (χ2v) is 5.58. The number of aromatic nitrogens is 1. The summed E-state index contributed by atoms with van der Waals surface area (Å²) in [5.41, 5.74) is 8.50. The van der Waals surface area contributed by atoms with Gasteiger partial charge in [-0.05, 0) is 25.0 Å². The molecule has 1 aromatic carbocycles. The van der Waals surface area contributed by atoms with E-state index in [2.05, 4.69) is 11.1 Å². The van der Waals surface area contributed by atoms with Crippen molar-refractivity contribution in [2.75, 3.05) is 11.4 Å². The third-order valence-electron chi connectivity index (χ3n) is 3.26. The van der Waals surface area contributed by atoms with Crippen LogP contribution in [0.2, 0.25) is 0 Å². The number of carbonyl (C=O) groups excluding carboxylic acids is 1. The van der Waals surface area contributed by atoms with Crippen molar-refractivity contribution in [3.05, 3.63) is 45.9 Å². The Morgan fingerprint density at radius 1 is 1.47 bits per heavy atom. The predicted molar refractivity (Wildman–Crippen MR) is 76.5 cm³/mol. The molecule has 2 N–H and O–H groups in total. The van der Waals surface area contributed by atoms with Crippen molar-refractivity contribution in [2.45, 2.75) is 19.4 Å². The summed E-state index contributed by atoms with van der Waals surface area (Å²) < 4.78 is 0. The fraction of sp³-hybridized carbons (Fsp3) is 0.286. The molecule has 1 aliphatic heterocycles. The van der Waals surface area contributed by atoms with Crippen molar-refractivity contribution in [3.8, 4) is 0 Å². The molecule has 0 radical (unpaired) electrons. The molecule has 1 atom stereocenters. The first-order valence-corrected chi connectivity index (χ1v) is 7.15. The molecular weight excluding hydrogens is 258 g/mol. The highest BCUT2D eigenvalue weighted by atomic mass is 32.1. The number of amides is 1. The number of benzene rings is 1. The summed E-state index contributed by atoms with van der Waals surface area (Å²) in [5, 5.41) is 2.60. The lowest BCUT2D eigenvalue weighted by atomic mass is 10.2. The van der Waals surface area contributed by atoms with Gasteiger partial charge in [-0.1, -0.05) is 18.2 Å². The first-order chi connectivity index (χ1) is 9.16. The highest BCUT2D eigenvalue weighted by molar-refractivity contribution is 7.09. The molecule has 0 fully saturated rings. The maximum Gasteiger partial charge on any atom is 0.277 e. The highest BCUT2D eigenvalue weighted by Crippen LogP contribution is 2.29. The lowest BCUT2D eigenvalue weighted by Crippen LogP contribution is -2.29. The number of hydrogen-bond donors (Lipinski definition) is 1. The maximum atomic E-state index is 12.5. The molecule has 1 aromatic heterocycles. The lowest BCUT2D eigenvalue weighted by Gasteiger charge is -2.15. The van der Waals surface area contributed by atoms with E-state index in [0.717, 1.165) is 23.7 Å². The number of para-hydroxylation sites is 1. The Hall–Kier alpha value is -1.72. The van der Waals surface area contributed by atoms with Crippen LogP contribution in [0.3, 0.4) is 0 Å². The van der Waals surface area contributed by atoms with Crippen LogP contribution >= 0.6 is 11.3 Å². The first kappa shape index (κ1) is 12.3. The summed E-state index contributed by atoms with van der Waals surface area (Å²) in [6, 6.07) is 7.89. The van der Waals surface area contributed by atoms with E-state index in [1.807, 2.05) is 25.1 Å². The summed E-state index contributed by atoms with van der Waals surface area (Å²) in [6.45, 7) is 2.60. The number of nitrogens with zero attached hydrogens (tertiary/aromatic N) is 2. The smallest absolute Gasteiger partial charge is 0.277 e. The van der Waals surface area contributed by atoms with Crippen LogP contribution in [-0.2, 0) is 6.42 Å². The molecule has 0 aliphatic carbocycles. The van der Waals surface area contributed by atoms with Crippen molar-refractivity contribution in [1.29, 1.82) is 0 Å². The standard InChI is InChI=1S/C14H15N3OS/c1-9(15)13-16-11(8-19-13)14(18)17-7-6-10-4-2-3-5-12(10)17/h2-5,8-9H,6-7,15H2,1H3. The average molecular weight is 273 g/mol. The number of nitrogens with two attached hydrogens (primary N) is 1. The molecule has 4 nitrogen and oxygen atoms in total. The topological polar surface area (TPSA) is 59.2 Å². The van der Waals surface area contributed by atoms with E-state index in [0.29, 0.717) is 5.69 Å². The predicted octanol–water partition coefficient (Wildman–Crippen LogP) is 2.37. The summed E-state index contributed by atoms with van der Waals surface area (Å²) >= 11 is 1.44. The Kier molecular flexibility index (Phi) is 3.08. The molecule has 0 spiro atoms. The second kappa shape index (κ2) is 4.75. The van der Waals surface area contributed by atoms with E-state index in [-0.39, 0.29) is 11.9 Å². The molecule has 2 aromatic rings. The number of carbonyl (C=O) groups is 1. The van der Waals surface area contributed by atoms with E-state index in [1.165, 1.54) is 16.9 Å². The van der Waals surface area contributed by atoms with Gasteiger partial charge in [-0.3, -0.25) is 4.79 Å². The SMILES string of the molecule is CC(N)c1nc(C(=O)N2CCc3ccccc32)cs1. The Bertz CT molecular complexity index is 621. The Labute approximate surface area is 115 Å². The third kappa shape index (κ3) is 2.15. The molecule has 1 amide bonds. The van der Waals surface area contributed by atoms with Crippen molar-refractivity contribution >= 4 is 22.9 Å². The first-order valence-electron chi connectivity index (χ1n) is 6.27. The molecule has 1 aliphatic rings. The van der Waals surface area contributed by atoms with E-state index in [9.17, 15) is 4.79 Å². The lowest BCUT2D eigenvalue weighted by molar-refractivity contribution is 0.0985. The average Bonchev–Trinajstić information content (AvgIpc) is 3.05. The monoisotopic (exact) mass is 273 g/mol. The van der Waals surface area contributed by atoms with Gasteiger partial charge >= 0.3 is 0 Å². The number of rotatable bonds is 2. The van der Waals surface area contributed by atoms with Gasteiger partial charge in [0, 0.05) is 17.6 Å². The minimum Gasteiger partial charge on any atom is -0.322 e. The highest BCUT2D eigenvalue weighted by Gasteiger charge is 2.26. The van der Waals surface area contributed by atoms with E-state index >= 15 is 0 Å².